The minimum absolute atomic E-state index is 0.117. The molecule has 0 radical (unpaired) electrons. The molecule has 49 heavy (non-hydrogen) atoms. The normalized spacial score (nSPS) is 15.0. The molecule has 0 saturated heterocycles. The Morgan fingerprint density at radius 2 is 0.959 bits per heavy atom. The van der Waals surface area contributed by atoms with Crippen molar-refractivity contribution in [3.63, 3.8) is 0 Å². The molecule has 0 amide bonds. The van der Waals surface area contributed by atoms with Crippen LogP contribution in [0, 0.1) is 11.6 Å². The van der Waals surface area contributed by atoms with Crippen molar-refractivity contribution in [2.45, 2.75) is 25.5 Å². The highest BCUT2D eigenvalue weighted by Gasteiger charge is 2.50. The average molecular weight is 685 g/mol. The molecule has 0 N–H and O–H groups in total. The summed E-state index contributed by atoms with van der Waals surface area (Å²) in [6.45, 7) is 0.117. The van der Waals surface area contributed by atoms with E-state index in [1.165, 1.54) is 41.5 Å². The van der Waals surface area contributed by atoms with Gasteiger partial charge in [-0.2, -0.15) is 0 Å². The van der Waals surface area contributed by atoms with Crippen LogP contribution >= 0.6 is 23.5 Å². The second-order valence-electron chi connectivity index (χ2n) is 13.0. The largest absolute Gasteiger partial charge is 0.247 e. The lowest BCUT2D eigenvalue weighted by atomic mass is 9.36. The monoisotopic (exact) mass is 684 g/mol. The Morgan fingerprint density at radius 1 is 0.469 bits per heavy atom. The fourth-order valence-electron chi connectivity index (χ4n) is 8.66. The first-order chi connectivity index (χ1) is 24.1. The van der Waals surface area contributed by atoms with Gasteiger partial charge >= 0.3 is 0 Å². The highest BCUT2D eigenvalue weighted by molar-refractivity contribution is 8.01. The first kappa shape index (κ1) is 29.3. The zero-order valence-corrected chi connectivity index (χ0v) is 28.9. The van der Waals surface area contributed by atoms with Crippen molar-refractivity contribution in [1.29, 1.82) is 0 Å². The fourth-order valence-corrected chi connectivity index (χ4v) is 16.5. The van der Waals surface area contributed by atoms with Crippen LogP contribution in [0.2, 0.25) is 0 Å². The van der Waals surface area contributed by atoms with Gasteiger partial charge < -0.3 is 0 Å². The number of fused-ring (bicyclic) bond motifs is 6. The molecule has 3 aliphatic rings. The molecule has 10 rings (SSSR count). The van der Waals surface area contributed by atoms with E-state index in [4.69, 9.17) is 0 Å². The summed E-state index contributed by atoms with van der Waals surface area (Å²) in [6.07, 6.45) is 0. The maximum absolute atomic E-state index is 15.7. The van der Waals surface area contributed by atoms with E-state index < -0.39 is 8.07 Å². The van der Waals surface area contributed by atoms with Crippen LogP contribution in [-0.2, 0) is 0 Å². The van der Waals surface area contributed by atoms with E-state index in [0.29, 0.717) is 0 Å². The molecule has 0 fully saturated rings. The van der Waals surface area contributed by atoms with Crippen LogP contribution in [0.3, 0.4) is 0 Å². The minimum atomic E-state index is -3.17. The molecule has 7 aromatic rings. The van der Waals surface area contributed by atoms with Gasteiger partial charge in [0.1, 0.15) is 11.6 Å². The lowest BCUT2D eigenvalue weighted by Crippen LogP contribution is -2.77. The summed E-state index contributed by atoms with van der Waals surface area (Å²) in [4.78, 5) is 5.08. The Balaban J connectivity index is 1.30. The predicted octanol–water partition coefficient (Wildman–Crippen LogP) is 6.28. The quantitative estimate of drug-likeness (QED) is 0.201. The average Bonchev–Trinajstić information content (AvgIpc) is 3.15. The molecule has 0 unspecified atom stereocenters. The Morgan fingerprint density at radius 3 is 1.53 bits per heavy atom. The van der Waals surface area contributed by atoms with Crippen LogP contribution in [0.5, 0.6) is 0 Å². The van der Waals surface area contributed by atoms with Gasteiger partial charge in [-0.1, -0.05) is 150 Å². The zero-order chi connectivity index (χ0) is 32.7. The van der Waals surface area contributed by atoms with Gasteiger partial charge in [0.05, 0.1) is 0 Å². The molecule has 0 aliphatic carbocycles. The van der Waals surface area contributed by atoms with Gasteiger partial charge in [-0.25, -0.2) is 8.78 Å². The van der Waals surface area contributed by atoms with E-state index in [-0.39, 0.29) is 24.3 Å². The number of halogens is 2. The fraction of sp³-hybridized carbons (Fsp3) is 0.0233. The van der Waals surface area contributed by atoms with Crippen molar-refractivity contribution in [1.82, 2.24) is 0 Å². The van der Waals surface area contributed by atoms with E-state index in [0.717, 1.165) is 31.9 Å². The Bertz CT molecular complexity index is 2340. The van der Waals surface area contributed by atoms with Crippen LogP contribution in [0.15, 0.2) is 177 Å². The molecule has 0 saturated carbocycles. The van der Waals surface area contributed by atoms with Crippen LogP contribution < -0.4 is 37.1 Å². The van der Waals surface area contributed by atoms with Gasteiger partial charge in [0.15, 0.2) is 8.07 Å². The number of hydrogen-bond acceptors (Lipinski definition) is 2. The summed E-state index contributed by atoms with van der Waals surface area (Å²) in [5, 5.41) is 4.19. The summed E-state index contributed by atoms with van der Waals surface area (Å²) in [5.74, 6) is -0.756. The Kier molecular flexibility index (Phi) is 6.70. The summed E-state index contributed by atoms with van der Waals surface area (Å²) >= 11 is 3.69. The van der Waals surface area contributed by atoms with Gasteiger partial charge in [-0.3, -0.25) is 0 Å². The van der Waals surface area contributed by atoms with Crippen molar-refractivity contribution in [3.05, 3.63) is 186 Å². The Labute approximate surface area is 294 Å². The van der Waals surface area contributed by atoms with Gasteiger partial charge in [0, 0.05) is 25.5 Å². The van der Waals surface area contributed by atoms with E-state index in [1.807, 2.05) is 72.1 Å². The summed E-state index contributed by atoms with van der Waals surface area (Å²) in [5.41, 5.74) is 7.38. The van der Waals surface area contributed by atoms with E-state index >= 15 is 8.78 Å². The lowest BCUT2D eigenvalue weighted by Gasteiger charge is -2.44. The molecular weight excluding hydrogens is 658 g/mol. The SMILES string of the molecule is Fc1ccc2c(c1)[Si](c1ccccc1)(c1ccccc1)c1cc(F)ccc1C2c1ccc2c3c1Sc1ccccc1B3c1ccccc1S2. The highest BCUT2D eigenvalue weighted by Crippen LogP contribution is 2.45. The van der Waals surface area contributed by atoms with Gasteiger partial charge in [-0.15, -0.1) is 0 Å². The third-order valence-electron chi connectivity index (χ3n) is 10.6. The number of hydrogen-bond donors (Lipinski definition) is 0. The van der Waals surface area contributed by atoms with Crippen molar-refractivity contribution < 1.29 is 8.78 Å². The minimum Gasteiger partial charge on any atom is -0.207 e. The van der Waals surface area contributed by atoms with E-state index in [9.17, 15) is 0 Å². The van der Waals surface area contributed by atoms with Crippen molar-refractivity contribution in [2.24, 2.45) is 0 Å². The van der Waals surface area contributed by atoms with E-state index in [2.05, 4.69) is 84.9 Å². The van der Waals surface area contributed by atoms with Crippen molar-refractivity contribution >= 4 is 75.4 Å². The molecule has 7 aromatic carbocycles. The summed E-state index contributed by atoms with van der Waals surface area (Å²) in [7, 11) is -3.17. The highest BCUT2D eigenvalue weighted by atomic mass is 32.2. The van der Waals surface area contributed by atoms with Crippen LogP contribution in [0.4, 0.5) is 8.78 Å². The van der Waals surface area contributed by atoms with Crippen LogP contribution in [0.1, 0.15) is 22.6 Å². The number of rotatable bonds is 3. The van der Waals surface area contributed by atoms with Gasteiger partial charge in [0.2, 0.25) is 6.71 Å². The van der Waals surface area contributed by atoms with Gasteiger partial charge in [-0.05, 0) is 85.4 Å². The molecule has 0 atom stereocenters. The summed E-state index contributed by atoms with van der Waals surface area (Å²) < 4.78 is 31.5. The molecular formula is C43H27BF2S2Si. The molecule has 6 heteroatoms. The molecule has 3 heterocycles. The molecule has 0 spiro atoms. The zero-order valence-electron chi connectivity index (χ0n) is 26.2. The van der Waals surface area contributed by atoms with Crippen LogP contribution in [0.25, 0.3) is 0 Å². The smallest absolute Gasteiger partial charge is 0.207 e. The molecule has 0 aromatic heterocycles. The topological polar surface area (TPSA) is 0 Å². The standard InChI is InChI=1S/C43H27BF2S2Si/c45-27-19-21-31-39(25-27)49(29-11-3-1-4-12-29,30-13-5-2-6-14-30)40-26-28(46)20-22-32(40)41(31)33-23-24-38-42-43(33)48-37-18-10-8-16-35(37)44(42)34-15-7-9-17-36(34)47-38/h1-26,41H. The third-order valence-corrected chi connectivity index (χ3v) is 17.9. The summed E-state index contributed by atoms with van der Waals surface area (Å²) in [6, 6.07) is 53.7. The van der Waals surface area contributed by atoms with Crippen molar-refractivity contribution in [2.75, 3.05) is 0 Å². The predicted molar refractivity (Wildman–Crippen MR) is 203 cm³/mol. The molecule has 0 nitrogen and oxygen atoms in total. The second kappa shape index (κ2) is 11.2. The maximum Gasteiger partial charge on any atom is 0.247 e. The first-order valence-electron chi connectivity index (χ1n) is 16.5. The number of benzene rings is 7. The van der Waals surface area contributed by atoms with Gasteiger partial charge in [0.25, 0.3) is 0 Å². The lowest BCUT2D eigenvalue weighted by molar-refractivity contribution is 0.626. The third kappa shape index (κ3) is 4.24. The second-order valence-corrected chi connectivity index (χ2v) is 18.9. The molecule has 232 valence electrons. The van der Waals surface area contributed by atoms with Crippen molar-refractivity contribution in [3.8, 4) is 0 Å². The Hall–Kier alpha value is -4.62. The molecule has 0 bridgehead atoms. The van der Waals surface area contributed by atoms with E-state index in [1.54, 1.807) is 24.3 Å². The van der Waals surface area contributed by atoms with Crippen LogP contribution in [-0.4, -0.2) is 14.8 Å². The maximum atomic E-state index is 15.7. The molecule has 3 aliphatic heterocycles. The first-order valence-corrected chi connectivity index (χ1v) is 20.2.